The van der Waals surface area contributed by atoms with Crippen LogP contribution in [0.3, 0.4) is 0 Å². The SMILES string of the molecule is Cc1c(Cl)cccc1N1C[C@@H](C(=O)Nc2ccc(Cl)c(C(F)(F)F)c2)CC1=O. The molecule has 3 rings (SSSR count). The number of anilines is 2. The maximum Gasteiger partial charge on any atom is 0.417 e. The van der Waals surface area contributed by atoms with Crippen LogP contribution in [-0.4, -0.2) is 18.4 Å². The standard InChI is InChI=1S/C19H15Cl2F3N2O2/c1-10-14(20)3-2-4-16(10)26-9-11(7-17(26)27)18(28)25-12-5-6-15(21)13(8-12)19(22,23)24/h2-6,8,11H,7,9H2,1H3,(H,25,28)/t11-/m0/s1. The summed E-state index contributed by atoms with van der Waals surface area (Å²) in [6, 6.07) is 8.26. The molecule has 0 aliphatic carbocycles. The number of amides is 2. The molecule has 148 valence electrons. The number of hydrogen-bond donors (Lipinski definition) is 1. The summed E-state index contributed by atoms with van der Waals surface area (Å²) >= 11 is 11.7. The fourth-order valence-electron chi connectivity index (χ4n) is 3.07. The minimum atomic E-state index is -4.64. The summed E-state index contributed by atoms with van der Waals surface area (Å²) < 4.78 is 38.9. The number of hydrogen-bond acceptors (Lipinski definition) is 2. The van der Waals surface area contributed by atoms with E-state index in [2.05, 4.69) is 5.32 Å². The van der Waals surface area contributed by atoms with Gasteiger partial charge in [0.05, 0.1) is 16.5 Å². The zero-order chi connectivity index (χ0) is 20.6. The highest BCUT2D eigenvalue weighted by atomic mass is 35.5. The lowest BCUT2D eigenvalue weighted by molar-refractivity contribution is -0.137. The molecule has 0 unspecified atom stereocenters. The van der Waals surface area contributed by atoms with E-state index in [-0.39, 0.29) is 24.6 Å². The molecule has 1 saturated heterocycles. The van der Waals surface area contributed by atoms with E-state index in [4.69, 9.17) is 23.2 Å². The van der Waals surface area contributed by atoms with Crippen molar-refractivity contribution in [3.05, 3.63) is 57.6 Å². The minimum absolute atomic E-state index is 0.0356. The molecule has 1 atom stereocenters. The van der Waals surface area contributed by atoms with Crippen molar-refractivity contribution in [2.75, 3.05) is 16.8 Å². The smallest absolute Gasteiger partial charge is 0.326 e. The number of alkyl halides is 3. The molecule has 0 bridgehead atoms. The van der Waals surface area contributed by atoms with Gasteiger partial charge in [0.15, 0.2) is 0 Å². The third-order valence-corrected chi connectivity index (χ3v) is 5.30. The topological polar surface area (TPSA) is 49.4 Å². The zero-order valence-electron chi connectivity index (χ0n) is 14.6. The maximum absolute atomic E-state index is 13.0. The van der Waals surface area contributed by atoms with Gasteiger partial charge in [0.2, 0.25) is 11.8 Å². The van der Waals surface area contributed by atoms with Gasteiger partial charge in [-0.25, -0.2) is 0 Å². The first-order chi connectivity index (χ1) is 13.1. The number of carbonyl (C=O) groups excluding carboxylic acids is 2. The summed E-state index contributed by atoms with van der Waals surface area (Å²) in [5, 5.41) is 2.48. The zero-order valence-corrected chi connectivity index (χ0v) is 16.1. The third kappa shape index (κ3) is 4.10. The fourth-order valence-corrected chi connectivity index (χ4v) is 3.46. The molecule has 9 heteroatoms. The van der Waals surface area contributed by atoms with Crippen molar-refractivity contribution in [1.29, 1.82) is 0 Å². The largest absolute Gasteiger partial charge is 0.417 e. The van der Waals surface area contributed by atoms with E-state index >= 15 is 0 Å². The normalized spacial score (nSPS) is 17.1. The molecular weight excluding hydrogens is 416 g/mol. The van der Waals surface area contributed by atoms with Gasteiger partial charge in [0.1, 0.15) is 0 Å². The number of carbonyl (C=O) groups is 2. The van der Waals surface area contributed by atoms with Crippen molar-refractivity contribution < 1.29 is 22.8 Å². The van der Waals surface area contributed by atoms with Crippen molar-refractivity contribution >= 4 is 46.4 Å². The number of rotatable bonds is 3. The van der Waals surface area contributed by atoms with Crippen molar-refractivity contribution in [3.63, 3.8) is 0 Å². The minimum Gasteiger partial charge on any atom is -0.326 e. The Morgan fingerprint density at radius 3 is 2.57 bits per heavy atom. The maximum atomic E-state index is 13.0. The highest BCUT2D eigenvalue weighted by Gasteiger charge is 2.37. The molecule has 2 aromatic rings. The Morgan fingerprint density at radius 1 is 1.18 bits per heavy atom. The van der Waals surface area contributed by atoms with Crippen molar-refractivity contribution in [2.24, 2.45) is 5.92 Å². The highest BCUT2D eigenvalue weighted by Crippen LogP contribution is 2.36. The lowest BCUT2D eigenvalue weighted by Crippen LogP contribution is -2.28. The van der Waals surface area contributed by atoms with E-state index in [0.29, 0.717) is 16.3 Å². The van der Waals surface area contributed by atoms with Gasteiger partial charge in [-0.15, -0.1) is 0 Å². The average Bonchev–Trinajstić information content (AvgIpc) is 3.00. The quantitative estimate of drug-likeness (QED) is 0.716. The first kappa shape index (κ1) is 20.5. The molecule has 1 N–H and O–H groups in total. The molecular formula is C19H15Cl2F3N2O2. The Hall–Kier alpha value is -2.25. The van der Waals surface area contributed by atoms with Crippen LogP contribution in [0.15, 0.2) is 36.4 Å². The number of nitrogens with one attached hydrogen (secondary N) is 1. The molecule has 4 nitrogen and oxygen atoms in total. The van der Waals surface area contributed by atoms with Crippen LogP contribution in [0.25, 0.3) is 0 Å². The Balaban J connectivity index is 1.76. The highest BCUT2D eigenvalue weighted by molar-refractivity contribution is 6.32. The summed E-state index contributed by atoms with van der Waals surface area (Å²) in [5.74, 6) is -1.49. The first-order valence-electron chi connectivity index (χ1n) is 8.31. The summed E-state index contributed by atoms with van der Waals surface area (Å²) in [4.78, 5) is 26.3. The Morgan fingerprint density at radius 2 is 1.89 bits per heavy atom. The van der Waals surface area contributed by atoms with E-state index in [9.17, 15) is 22.8 Å². The van der Waals surface area contributed by atoms with Crippen LogP contribution < -0.4 is 10.2 Å². The fraction of sp³-hybridized carbons (Fsp3) is 0.263. The molecule has 1 aliphatic heterocycles. The lowest BCUT2D eigenvalue weighted by atomic mass is 10.1. The first-order valence-corrected chi connectivity index (χ1v) is 9.06. The van der Waals surface area contributed by atoms with Crippen molar-refractivity contribution in [1.82, 2.24) is 0 Å². The predicted octanol–water partition coefficient (Wildman–Crippen LogP) is 5.31. The second kappa shape index (κ2) is 7.64. The van der Waals surface area contributed by atoms with Crippen LogP contribution in [0.4, 0.5) is 24.5 Å². The van der Waals surface area contributed by atoms with Gasteiger partial charge in [-0.1, -0.05) is 29.3 Å². The van der Waals surface area contributed by atoms with Crippen molar-refractivity contribution in [2.45, 2.75) is 19.5 Å². The van der Waals surface area contributed by atoms with E-state index in [1.807, 2.05) is 0 Å². The average molecular weight is 431 g/mol. The van der Waals surface area contributed by atoms with E-state index in [1.54, 1.807) is 25.1 Å². The summed E-state index contributed by atoms with van der Waals surface area (Å²) in [5.41, 5.74) is 0.252. The second-order valence-corrected chi connectivity index (χ2v) is 7.29. The summed E-state index contributed by atoms with van der Waals surface area (Å²) in [7, 11) is 0. The van der Waals surface area contributed by atoms with Crippen LogP contribution >= 0.6 is 23.2 Å². The van der Waals surface area contributed by atoms with Gasteiger partial charge < -0.3 is 10.2 Å². The summed E-state index contributed by atoms with van der Waals surface area (Å²) in [6.07, 6.45) is -4.68. The number of nitrogens with zero attached hydrogens (tertiary/aromatic N) is 1. The van der Waals surface area contributed by atoms with Crippen molar-refractivity contribution in [3.8, 4) is 0 Å². The predicted molar refractivity (Wildman–Crippen MR) is 102 cm³/mol. The third-order valence-electron chi connectivity index (χ3n) is 4.57. The van der Waals surface area contributed by atoms with Crippen LogP contribution in [0, 0.1) is 12.8 Å². The molecule has 0 radical (unpaired) electrons. The molecule has 2 aromatic carbocycles. The van der Waals surface area contributed by atoms with Crippen LogP contribution in [0.1, 0.15) is 17.5 Å². The molecule has 0 saturated carbocycles. The Labute approximate surface area is 169 Å². The molecule has 28 heavy (non-hydrogen) atoms. The van der Waals surface area contributed by atoms with E-state index in [0.717, 1.165) is 12.1 Å². The molecule has 1 aliphatic rings. The van der Waals surface area contributed by atoms with Gasteiger partial charge in [-0.05, 0) is 42.8 Å². The van der Waals surface area contributed by atoms with Crippen LogP contribution in [-0.2, 0) is 15.8 Å². The Kier molecular flexibility index (Phi) is 5.59. The number of benzene rings is 2. The monoisotopic (exact) mass is 430 g/mol. The number of halogens is 5. The van der Waals surface area contributed by atoms with Gasteiger partial charge >= 0.3 is 6.18 Å². The Bertz CT molecular complexity index is 947. The molecule has 0 aromatic heterocycles. The summed E-state index contributed by atoms with van der Waals surface area (Å²) in [6.45, 7) is 1.89. The van der Waals surface area contributed by atoms with Gasteiger partial charge in [0.25, 0.3) is 0 Å². The van der Waals surface area contributed by atoms with Gasteiger partial charge in [0, 0.05) is 29.4 Å². The van der Waals surface area contributed by atoms with Crippen LogP contribution in [0.5, 0.6) is 0 Å². The molecule has 1 fully saturated rings. The van der Waals surface area contributed by atoms with E-state index < -0.39 is 28.6 Å². The molecule has 0 spiro atoms. The second-order valence-electron chi connectivity index (χ2n) is 6.47. The molecule has 2 amide bonds. The molecule has 1 heterocycles. The van der Waals surface area contributed by atoms with Gasteiger partial charge in [-0.2, -0.15) is 13.2 Å². The van der Waals surface area contributed by atoms with Crippen LogP contribution in [0.2, 0.25) is 10.0 Å². The van der Waals surface area contributed by atoms with Gasteiger partial charge in [-0.3, -0.25) is 9.59 Å². The van der Waals surface area contributed by atoms with E-state index in [1.165, 1.54) is 11.0 Å². The lowest BCUT2D eigenvalue weighted by Gasteiger charge is -2.19.